The van der Waals surface area contributed by atoms with E-state index in [4.69, 9.17) is 9.05 Å². The molecule has 0 aromatic carbocycles. The van der Waals surface area contributed by atoms with Crippen molar-refractivity contribution in [1.29, 1.82) is 0 Å². The molecule has 0 bridgehead atoms. The molecule has 2 atom stereocenters. The Balaban J connectivity index is 4.13. The van der Waals surface area contributed by atoms with Crippen LogP contribution in [0, 0.1) is 0 Å². The minimum absolute atomic E-state index is 0.329. The standard InChI is InChI=1S/C46H97N2O4PS2/c1-5-7-9-11-13-19-25-33-45(54-43-31-39-49)35-27-21-15-17-23-29-41-51-53(47-37-38-48(3)4)52-42-30-24-18-16-22-28-36-46(55-44-32-40-50)34-26-20-14-12-10-8-6-2/h45-47,49-50H,5-44H2,1-4H3. The van der Waals surface area contributed by atoms with Gasteiger partial charge in [0.2, 0.25) is 0 Å². The molecule has 6 nitrogen and oxygen atoms in total. The molecule has 9 heteroatoms. The van der Waals surface area contributed by atoms with Crippen LogP contribution < -0.4 is 5.09 Å². The van der Waals surface area contributed by atoms with Crippen LogP contribution in [0.25, 0.3) is 0 Å². The minimum Gasteiger partial charge on any atom is -0.396 e. The van der Waals surface area contributed by atoms with Crippen LogP contribution in [0.4, 0.5) is 0 Å². The molecule has 0 saturated heterocycles. The van der Waals surface area contributed by atoms with Crippen LogP contribution in [0.3, 0.4) is 0 Å². The number of nitrogens with zero attached hydrogens (tertiary/aromatic N) is 1. The Morgan fingerprint density at radius 3 is 1.13 bits per heavy atom. The topological polar surface area (TPSA) is 74.2 Å². The molecule has 0 fully saturated rings. The van der Waals surface area contributed by atoms with Gasteiger partial charge in [0.25, 0.3) is 8.53 Å². The molecule has 0 aromatic rings. The van der Waals surface area contributed by atoms with Gasteiger partial charge in [-0.3, -0.25) is 0 Å². The van der Waals surface area contributed by atoms with E-state index < -0.39 is 8.53 Å². The van der Waals surface area contributed by atoms with Crippen LogP contribution in [0.5, 0.6) is 0 Å². The van der Waals surface area contributed by atoms with Crippen molar-refractivity contribution in [2.24, 2.45) is 0 Å². The maximum absolute atomic E-state index is 9.24. The molecular weight excluding hydrogens is 740 g/mol. The highest BCUT2D eigenvalue weighted by Crippen LogP contribution is 2.34. The summed E-state index contributed by atoms with van der Waals surface area (Å²) in [5.74, 6) is 2.22. The van der Waals surface area contributed by atoms with Crippen LogP contribution in [-0.2, 0) is 9.05 Å². The number of thioether (sulfide) groups is 2. The summed E-state index contributed by atoms with van der Waals surface area (Å²) in [5, 5.41) is 23.6. The van der Waals surface area contributed by atoms with Gasteiger partial charge in [-0.2, -0.15) is 23.5 Å². The number of rotatable bonds is 48. The summed E-state index contributed by atoms with van der Waals surface area (Å²) >= 11 is 4.24. The van der Waals surface area contributed by atoms with Gasteiger partial charge in [-0.05, 0) is 77.0 Å². The minimum atomic E-state index is -1.01. The molecule has 3 N–H and O–H groups in total. The molecule has 0 aromatic heterocycles. The maximum atomic E-state index is 9.24. The average Bonchev–Trinajstić information content (AvgIpc) is 3.17. The lowest BCUT2D eigenvalue weighted by molar-refractivity contribution is 0.231. The van der Waals surface area contributed by atoms with E-state index in [2.05, 4.69) is 61.5 Å². The average molecular weight is 837 g/mol. The first-order chi connectivity index (χ1) is 27.1. The van der Waals surface area contributed by atoms with E-state index in [0.717, 1.165) is 74.0 Å². The Kier molecular flexibility index (Phi) is 48.3. The van der Waals surface area contributed by atoms with Crippen molar-refractivity contribution in [2.45, 2.75) is 230 Å². The van der Waals surface area contributed by atoms with E-state index in [0.29, 0.717) is 13.2 Å². The number of likely N-dealkylation sites (N-methyl/N-ethyl adjacent to an activating group) is 1. The number of hydrogen-bond acceptors (Lipinski definition) is 8. The third-order valence-electron chi connectivity index (χ3n) is 10.6. The Bertz CT molecular complexity index is 665. The van der Waals surface area contributed by atoms with Crippen LogP contribution in [-0.4, -0.2) is 90.7 Å². The molecule has 0 radical (unpaired) electrons. The fourth-order valence-corrected chi connectivity index (χ4v) is 10.8. The van der Waals surface area contributed by atoms with Gasteiger partial charge in [0.15, 0.2) is 0 Å². The highest BCUT2D eigenvalue weighted by molar-refractivity contribution is 8.00. The Hall–Kier alpha value is 0.890. The second kappa shape index (κ2) is 47.6. The second-order valence-corrected chi connectivity index (χ2v) is 20.6. The summed E-state index contributed by atoms with van der Waals surface area (Å²) in [7, 11) is 3.22. The van der Waals surface area contributed by atoms with Crippen LogP contribution in [0.2, 0.25) is 0 Å². The predicted octanol–water partition coefficient (Wildman–Crippen LogP) is 14.1. The van der Waals surface area contributed by atoms with E-state index in [1.165, 1.54) is 180 Å². The summed E-state index contributed by atoms with van der Waals surface area (Å²) in [6.07, 6.45) is 42.2. The van der Waals surface area contributed by atoms with Gasteiger partial charge in [-0.25, -0.2) is 5.09 Å². The molecule has 0 saturated carbocycles. The molecule has 0 spiro atoms. The lowest BCUT2D eigenvalue weighted by atomic mass is 10.0. The van der Waals surface area contributed by atoms with Gasteiger partial charge in [0.05, 0.1) is 13.2 Å². The van der Waals surface area contributed by atoms with E-state index in [9.17, 15) is 10.2 Å². The number of aliphatic hydroxyl groups is 2. The molecule has 0 aliphatic carbocycles. The summed E-state index contributed by atoms with van der Waals surface area (Å²) in [4.78, 5) is 2.21. The molecule has 0 aliphatic heterocycles. The zero-order valence-corrected chi connectivity index (χ0v) is 39.9. The van der Waals surface area contributed by atoms with Gasteiger partial charge in [-0.15, -0.1) is 0 Å². The monoisotopic (exact) mass is 837 g/mol. The van der Waals surface area contributed by atoms with Gasteiger partial charge in [0.1, 0.15) is 0 Å². The van der Waals surface area contributed by atoms with Crippen molar-refractivity contribution < 1.29 is 19.3 Å². The number of aliphatic hydroxyl groups excluding tert-OH is 2. The molecule has 2 unspecified atom stereocenters. The summed E-state index contributed by atoms with van der Waals surface area (Å²) in [5.41, 5.74) is 0. The van der Waals surface area contributed by atoms with Crippen LogP contribution >= 0.6 is 32.0 Å². The SMILES string of the molecule is CCCCCCCCCC(CCCCCCCCOP(NCCN(C)C)OCCCCCCCCC(CCCCCCCCC)SCCCO)SCCCO. The summed E-state index contributed by atoms with van der Waals surface area (Å²) in [6.45, 7) is 8.72. The Morgan fingerprint density at radius 1 is 0.473 bits per heavy atom. The van der Waals surface area contributed by atoms with Crippen molar-refractivity contribution in [3.8, 4) is 0 Å². The zero-order chi connectivity index (χ0) is 40.1. The fraction of sp³-hybridized carbons (Fsp3) is 1.00. The predicted molar refractivity (Wildman–Crippen MR) is 251 cm³/mol. The quantitative estimate of drug-likeness (QED) is 0.0413. The van der Waals surface area contributed by atoms with Crippen molar-refractivity contribution in [2.75, 3.05) is 65.1 Å². The lowest BCUT2D eigenvalue weighted by Gasteiger charge is -2.19. The van der Waals surface area contributed by atoms with Gasteiger partial charge < -0.3 is 24.2 Å². The number of nitrogens with one attached hydrogen (secondary N) is 1. The smallest absolute Gasteiger partial charge is 0.255 e. The molecule has 332 valence electrons. The first-order valence-corrected chi connectivity index (χ1v) is 27.2. The van der Waals surface area contributed by atoms with Crippen molar-refractivity contribution in [3.05, 3.63) is 0 Å². The van der Waals surface area contributed by atoms with Crippen LogP contribution in [0.15, 0.2) is 0 Å². The first kappa shape index (κ1) is 55.9. The van der Waals surface area contributed by atoms with E-state index >= 15 is 0 Å². The third kappa shape index (κ3) is 44.3. The number of hydrogen-bond donors (Lipinski definition) is 3. The Morgan fingerprint density at radius 2 is 0.800 bits per heavy atom. The molecular formula is C46H97N2O4PS2. The third-order valence-corrected chi connectivity index (χ3v) is 14.9. The number of unbranched alkanes of at least 4 members (excludes halogenated alkanes) is 22. The first-order valence-electron chi connectivity index (χ1n) is 24.0. The largest absolute Gasteiger partial charge is 0.396 e. The summed E-state index contributed by atoms with van der Waals surface area (Å²) < 4.78 is 12.5. The van der Waals surface area contributed by atoms with E-state index in [1.54, 1.807) is 0 Å². The van der Waals surface area contributed by atoms with Crippen molar-refractivity contribution in [3.63, 3.8) is 0 Å². The van der Waals surface area contributed by atoms with Crippen molar-refractivity contribution in [1.82, 2.24) is 9.99 Å². The van der Waals surface area contributed by atoms with Gasteiger partial charge in [0, 0.05) is 36.8 Å². The molecule has 0 rings (SSSR count). The second-order valence-electron chi connectivity index (χ2n) is 16.4. The molecule has 55 heavy (non-hydrogen) atoms. The van der Waals surface area contributed by atoms with Gasteiger partial charge >= 0.3 is 0 Å². The highest BCUT2D eigenvalue weighted by Gasteiger charge is 2.12. The Labute approximate surface area is 354 Å². The molecule has 0 amide bonds. The normalized spacial score (nSPS) is 13.6. The fourth-order valence-electron chi connectivity index (χ4n) is 7.06. The van der Waals surface area contributed by atoms with Gasteiger partial charge in [-0.1, -0.05) is 168 Å². The molecule has 0 aliphatic rings. The van der Waals surface area contributed by atoms with Crippen molar-refractivity contribution >= 4 is 32.0 Å². The van der Waals surface area contributed by atoms with Crippen LogP contribution in [0.1, 0.15) is 219 Å². The van der Waals surface area contributed by atoms with E-state index in [-0.39, 0.29) is 0 Å². The molecule has 0 heterocycles. The zero-order valence-electron chi connectivity index (χ0n) is 37.4. The van der Waals surface area contributed by atoms with E-state index in [1.807, 2.05) is 0 Å². The lowest BCUT2D eigenvalue weighted by Crippen LogP contribution is -2.24. The summed E-state index contributed by atoms with van der Waals surface area (Å²) in [6, 6.07) is 0. The highest BCUT2D eigenvalue weighted by atomic mass is 32.2. The maximum Gasteiger partial charge on any atom is 0.255 e.